The van der Waals surface area contributed by atoms with Gasteiger partial charge in [-0.3, -0.25) is 10.1 Å². The van der Waals surface area contributed by atoms with Crippen LogP contribution < -0.4 is 0 Å². The van der Waals surface area contributed by atoms with E-state index < -0.39 is 4.92 Å². The minimum atomic E-state index is -0.574. The molecule has 122 valence electrons. The monoisotopic (exact) mass is 331 g/mol. The number of benzene rings is 2. The van der Waals surface area contributed by atoms with Crippen LogP contribution in [0.4, 0.5) is 5.88 Å². The highest BCUT2D eigenvalue weighted by atomic mass is 16.6. The fourth-order valence-electron chi connectivity index (χ4n) is 2.73. The molecule has 0 fully saturated rings. The lowest BCUT2D eigenvalue weighted by Gasteiger charge is -1.97. The predicted molar refractivity (Wildman–Crippen MR) is 95.7 cm³/mol. The van der Waals surface area contributed by atoms with Crippen molar-refractivity contribution in [3.8, 4) is 11.1 Å². The standard InChI is InChI=1S/C19H13N3O3/c23-22(24)19-11-10-15(25-19)12-20-21-13-17(14-6-2-1-3-7-14)16-8-4-5-9-18(16)21/h1-13H. The molecule has 6 nitrogen and oxygen atoms in total. The van der Waals surface area contributed by atoms with E-state index in [0.29, 0.717) is 5.76 Å². The maximum absolute atomic E-state index is 10.7. The van der Waals surface area contributed by atoms with Crippen molar-refractivity contribution < 1.29 is 9.34 Å². The molecule has 0 aliphatic rings. The van der Waals surface area contributed by atoms with Crippen molar-refractivity contribution in [2.24, 2.45) is 5.10 Å². The lowest BCUT2D eigenvalue weighted by Crippen LogP contribution is -1.87. The van der Waals surface area contributed by atoms with E-state index in [2.05, 4.69) is 5.10 Å². The summed E-state index contributed by atoms with van der Waals surface area (Å²) in [7, 11) is 0. The number of furan rings is 1. The molecule has 0 aliphatic heterocycles. The summed E-state index contributed by atoms with van der Waals surface area (Å²) in [6, 6.07) is 20.8. The zero-order chi connectivity index (χ0) is 17.2. The number of para-hydroxylation sites is 1. The summed E-state index contributed by atoms with van der Waals surface area (Å²) in [4.78, 5) is 10.1. The van der Waals surface area contributed by atoms with Gasteiger partial charge < -0.3 is 4.42 Å². The molecule has 6 heteroatoms. The molecule has 0 amide bonds. The average molecular weight is 331 g/mol. The molecule has 0 saturated carbocycles. The maximum Gasteiger partial charge on any atom is 0.433 e. The molecule has 25 heavy (non-hydrogen) atoms. The Bertz CT molecular complexity index is 1080. The van der Waals surface area contributed by atoms with E-state index in [1.165, 1.54) is 18.3 Å². The van der Waals surface area contributed by atoms with Gasteiger partial charge in [0.2, 0.25) is 0 Å². The van der Waals surface area contributed by atoms with E-state index in [0.717, 1.165) is 22.0 Å². The first-order valence-corrected chi connectivity index (χ1v) is 7.66. The largest absolute Gasteiger partial charge is 0.433 e. The number of rotatable bonds is 4. The summed E-state index contributed by atoms with van der Waals surface area (Å²) in [6.45, 7) is 0. The van der Waals surface area contributed by atoms with Gasteiger partial charge in [-0.25, -0.2) is 4.68 Å². The molecule has 0 spiro atoms. The third kappa shape index (κ3) is 2.81. The first-order chi connectivity index (χ1) is 12.2. The van der Waals surface area contributed by atoms with Gasteiger partial charge in [0, 0.05) is 17.1 Å². The third-order valence-corrected chi connectivity index (χ3v) is 3.88. The molecule has 0 radical (unpaired) electrons. The van der Waals surface area contributed by atoms with Crippen LogP contribution in [0.25, 0.3) is 22.0 Å². The van der Waals surface area contributed by atoms with Gasteiger partial charge in [0.05, 0.1) is 17.8 Å². The molecule has 2 aromatic heterocycles. The van der Waals surface area contributed by atoms with E-state index in [1.54, 1.807) is 4.68 Å². The Morgan fingerprint density at radius 2 is 1.76 bits per heavy atom. The van der Waals surface area contributed by atoms with Crippen LogP contribution in [-0.2, 0) is 0 Å². The van der Waals surface area contributed by atoms with E-state index >= 15 is 0 Å². The number of hydrogen-bond acceptors (Lipinski definition) is 4. The highest BCUT2D eigenvalue weighted by Crippen LogP contribution is 2.30. The number of aromatic nitrogens is 1. The average Bonchev–Trinajstić information content (AvgIpc) is 3.26. The summed E-state index contributed by atoms with van der Waals surface area (Å²) in [5.74, 6) is 0.0227. The maximum atomic E-state index is 10.7. The van der Waals surface area contributed by atoms with Crippen LogP contribution in [0.5, 0.6) is 0 Å². The van der Waals surface area contributed by atoms with Crippen LogP contribution in [0, 0.1) is 10.1 Å². The lowest BCUT2D eigenvalue weighted by atomic mass is 10.1. The Balaban J connectivity index is 1.77. The van der Waals surface area contributed by atoms with Crippen molar-refractivity contribution in [3.05, 3.63) is 88.8 Å². The van der Waals surface area contributed by atoms with Crippen LogP contribution in [-0.4, -0.2) is 15.8 Å². The second-order valence-electron chi connectivity index (χ2n) is 5.45. The minimum absolute atomic E-state index is 0.302. The second kappa shape index (κ2) is 6.09. The van der Waals surface area contributed by atoms with E-state index in [4.69, 9.17) is 4.42 Å². The first-order valence-electron chi connectivity index (χ1n) is 7.66. The summed E-state index contributed by atoms with van der Waals surface area (Å²) in [5, 5.41) is 16.2. The number of nitrogens with zero attached hydrogens (tertiary/aromatic N) is 3. The van der Waals surface area contributed by atoms with Crippen molar-refractivity contribution in [1.29, 1.82) is 0 Å². The normalized spacial score (nSPS) is 11.4. The fourth-order valence-corrected chi connectivity index (χ4v) is 2.73. The van der Waals surface area contributed by atoms with E-state index in [1.807, 2.05) is 60.8 Å². The molecular formula is C19H13N3O3. The van der Waals surface area contributed by atoms with Crippen LogP contribution in [0.1, 0.15) is 5.76 Å². The fraction of sp³-hybridized carbons (Fsp3) is 0. The lowest BCUT2D eigenvalue weighted by molar-refractivity contribution is -0.402. The molecule has 2 heterocycles. The highest BCUT2D eigenvalue weighted by Gasteiger charge is 2.11. The van der Waals surface area contributed by atoms with Gasteiger partial charge >= 0.3 is 5.88 Å². The Labute approximate surface area is 142 Å². The molecule has 0 atom stereocenters. The van der Waals surface area contributed by atoms with Crippen LogP contribution in [0.15, 0.2) is 82.4 Å². The third-order valence-electron chi connectivity index (χ3n) is 3.88. The second-order valence-corrected chi connectivity index (χ2v) is 5.45. The molecular weight excluding hydrogens is 318 g/mol. The Morgan fingerprint density at radius 1 is 1.00 bits per heavy atom. The van der Waals surface area contributed by atoms with Gasteiger partial charge in [0.15, 0.2) is 5.76 Å². The van der Waals surface area contributed by atoms with Crippen molar-refractivity contribution in [1.82, 2.24) is 4.68 Å². The quantitative estimate of drug-likeness (QED) is 0.309. The summed E-state index contributed by atoms with van der Waals surface area (Å²) < 4.78 is 6.85. The summed E-state index contributed by atoms with van der Waals surface area (Å²) >= 11 is 0. The van der Waals surface area contributed by atoms with Crippen LogP contribution in [0.3, 0.4) is 0 Å². The molecule has 0 saturated heterocycles. The summed E-state index contributed by atoms with van der Waals surface area (Å²) in [6.07, 6.45) is 3.40. The van der Waals surface area contributed by atoms with Gasteiger partial charge in [-0.15, -0.1) is 0 Å². The molecule has 0 unspecified atom stereocenters. The predicted octanol–water partition coefficient (Wildman–Crippen LogP) is 4.69. The van der Waals surface area contributed by atoms with Gasteiger partial charge in [-0.2, -0.15) is 5.10 Å². The molecule has 2 aromatic carbocycles. The highest BCUT2D eigenvalue weighted by molar-refractivity contribution is 5.96. The molecule has 4 aromatic rings. The van der Waals surface area contributed by atoms with Crippen molar-refractivity contribution in [2.45, 2.75) is 0 Å². The minimum Gasteiger partial charge on any atom is -0.400 e. The Kier molecular flexibility index (Phi) is 3.63. The SMILES string of the molecule is O=[N+]([O-])c1ccc(C=Nn2cc(-c3ccccc3)c3ccccc32)o1. The number of nitro groups is 1. The van der Waals surface area contributed by atoms with Gasteiger partial charge in [0.25, 0.3) is 0 Å². The first kappa shape index (κ1) is 14.9. The molecule has 0 N–H and O–H groups in total. The van der Waals surface area contributed by atoms with Gasteiger partial charge in [0.1, 0.15) is 4.92 Å². The topological polar surface area (TPSA) is 73.6 Å². The van der Waals surface area contributed by atoms with Crippen molar-refractivity contribution in [2.75, 3.05) is 0 Å². The van der Waals surface area contributed by atoms with Gasteiger partial charge in [-0.1, -0.05) is 48.5 Å². The Hall–Kier alpha value is -3.67. The molecule has 4 rings (SSSR count). The Morgan fingerprint density at radius 3 is 2.52 bits per heavy atom. The zero-order valence-electron chi connectivity index (χ0n) is 13.1. The van der Waals surface area contributed by atoms with Crippen molar-refractivity contribution in [3.63, 3.8) is 0 Å². The van der Waals surface area contributed by atoms with Crippen molar-refractivity contribution >= 4 is 23.0 Å². The smallest absolute Gasteiger partial charge is 0.400 e. The zero-order valence-corrected chi connectivity index (χ0v) is 13.1. The van der Waals surface area contributed by atoms with Crippen LogP contribution in [0.2, 0.25) is 0 Å². The van der Waals surface area contributed by atoms with Gasteiger partial charge in [-0.05, 0) is 17.7 Å². The number of fused-ring (bicyclic) bond motifs is 1. The molecule has 0 bridgehead atoms. The number of hydrogen-bond donors (Lipinski definition) is 0. The molecule has 0 aliphatic carbocycles. The van der Waals surface area contributed by atoms with E-state index in [9.17, 15) is 10.1 Å². The van der Waals surface area contributed by atoms with E-state index in [-0.39, 0.29) is 5.88 Å². The van der Waals surface area contributed by atoms with Crippen LogP contribution >= 0.6 is 0 Å². The summed E-state index contributed by atoms with van der Waals surface area (Å²) in [5.41, 5.74) is 3.11.